The first-order chi connectivity index (χ1) is 14.3. The number of hydrogen-bond donors (Lipinski definition) is 2. The summed E-state index contributed by atoms with van der Waals surface area (Å²) in [6.07, 6.45) is 1.79. The second kappa shape index (κ2) is 8.54. The molecule has 3 aromatic heterocycles. The van der Waals surface area contributed by atoms with Crippen LogP contribution >= 0.6 is 11.3 Å². The van der Waals surface area contributed by atoms with Gasteiger partial charge in [0.2, 0.25) is 5.95 Å². The Bertz CT molecular complexity index is 935. The summed E-state index contributed by atoms with van der Waals surface area (Å²) >= 11 is 1.53. The van der Waals surface area contributed by atoms with Crippen LogP contribution in [0, 0.1) is 0 Å². The fourth-order valence-corrected chi connectivity index (χ4v) is 4.37. The number of anilines is 3. The number of aromatic nitrogens is 4. The molecule has 5 rings (SSSR count). The van der Waals surface area contributed by atoms with Gasteiger partial charge in [0.05, 0.1) is 18.9 Å². The predicted octanol–water partition coefficient (Wildman–Crippen LogP) is 1.47. The van der Waals surface area contributed by atoms with E-state index in [9.17, 15) is 0 Å². The molecule has 2 N–H and O–H groups in total. The molecule has 0 atom stereocenters. The minimum atomic E-state index is 0.774. The number of nitrogens with zero attached hydrogens (tertiary/aromatic N) is 6. The van der Waals surface area contributed by atoms with Crippen LogP contribution < -0.4 is 15.5 Å². The molecule has 3 aromatic rings. The van der Waals surface area contributed by atoms with Crippen molar-refractivity contribution in [1.29, 1.82) is 0 Å². The number of piperazine rings is 1. The van der Waals surface area contributed by atoms with Crippen LogP contribution in [0.15, 0.2) is 24.4 Å². The van der Waals surface area contributed by atoms with Gasteiger partial charge >= 0.3 is 0 Å². The van der Waals surface area contributed by atoms with E-state index in [-0.39, 0.29) is 0 Å². The maximum absolute atomic E-state index is 5.47. The van der Waals surface area contributed by atoms with Crippen LogP contribution in [0.3, 0.4) is 0 Å². The molecule has 0 amide bonds. The Morgan fingerprint density at radius 3 is 2.79 bits per heavy atom. The van der Waals surface area contributed by atoms with E-state index in [0.717, 1.165) is 92.0 Å². The Hall–Kier alpha value is -2.40. The van der Waals surface area contributed by atoms with Gasteiger partial charge in [0.15, 0.2) is 5.13 Å². The van der Waals surface area contributed by atoms with Crippen molar-refractivity contribution in [3.05, 3.63) is 30.1 Å². The lowest BCUT2D eigenvalue weighted by Crippen LogP contribution is -2.44. The summed E-state index contributed by atoms with van der Waals surface area (Å²) in [4.78, 5) is 24.2. The van der Waals surface area contributed by atoms with Crippen molar-refractivity contribution in [3.8, 4) is 0 Å². The SMILES string of the molecule is c1cnc2sc(Nc3cc(CN4CCOCC4)nc(N4CCNCC4)n3)nc2c1. The van der Waals surface area contributed by atoms with E-state index >= 15 is 0 Å². The third-order valence-electron chi connectivity index (χ3n) is 5.06. The zero-order chi connectivity index (χ0) is 19.5. The highest BCUT2D eigenvalue weighted by Crippen LogP contribution is 2.27. The normalized spacial score (nSPS) is 18.3. The number of thiazole rings is 1. The zero-order valence-electron chi connectivity index (χ0n) is 16.2. The van der Waals surface area contributed by atoms with Gasteiger partial charge in [-0.15, -0.1) is 0 Å². The first-order valence-electron chi connectivity index (χ1n) is 9.96. The fraction of sp³-hybridized carbons (Fsp3) is 0.474. The van der Waals surface area contributed by atoms with Gasteiger partial charge in [-0.05, 0) is 12.1 Å². The van der Waals surface area contributed by atoms with E-state index in [1.54, 1.807) is 6.20 Å². The standard InChI is InChI=1S/C19H24N8OS/c1-2-15-17(21-3-1)29-19(23-15)25-16-12-14(13-26-8-10-28-11-9-26)22-18(24-16)27-6-4-20-5-7-27/h1-3,12,20H,4-11,13H2,(H,22,23,24,25). The molecule has 0 aromatic carbocycles. The highest BCUT2D eigenvalue weighted by molar-refractivity contribution is 7.21. The molecule has 2 aliphatic rings. The molecule has 0 saturated carbocycles. The summed E-state index contributed by atoms with van der Waals surface area (Å²) in [5.41, 5.74) is 1.90. The van der Waals surface area contributed by atoms with E-state index in [0.29, 0.717) is 0 Å². The summed E-state index contributed by atoms with van der Waals surface area (Å²) in [5, 5.41) is 7.56. The van der Waals surface area contributed by atoms with Crippen LogP contribution in [0.4, 0.5) is 16.9 Å². The molecule has 0 aliphatic carbocycles. The van der Waals surface area contributed by atoms with Gasteiger partial charge in [0, 0.05) is 58.1 Å². The average molecular weight is 413 g/mol. The minimum absolute atomic E-state index is 0.774. The Labute approximate surface area is 173 Å². The average Bonchev–Trinajstić information content (AvgIpc) is 3.17. The molecular weight excluding hydrogens is 388 g/mol. The molecule has 2 saturated heterocycles. The summed E-state index contributed by atoms with van der Waals surface area (Å²) in [7, 11) is 0. The van der Waals surface area contributed by atoms with Crippen molar-refractivity contribution in [2.75, 3.05) is 62.7 Å². The number of morpholine rings is 1. The lowest BCUT2D eigenvalue weighted by molar-refractivity contribution is 0.0336. The molecule has 10 heteroatoms. The molecular formula is C19H24N8OS. The first-order valence-corrected chi connectivity index (χ1v) is 10.8. The number of nitrogens with one attached hydrogen (secondary N) is 2. The van der Waals surface area contributed by atoms with E-state index in [2.05, 4.69) is 30.4 Å². The summed E-state index contributed by atoms with van der Waals surface area (Å²) in [6, 6.07) is 5.90. The van der Waals surface area contributed by atoms with Gasteiger partial charge in [0.25, 0.3) is 0 Å². The molecule has 29 heavy (non-hydrogen) atoms. The third kappa shape index (κ3) is 4.45. The lowest BCUT2D eigenvalue weighted by atomic mass is 10.3. The molecule has 9 nitrogen and oxygen atoms in total. The van der Waals surface area contributed by atoms with Crippen molar-refractivity contribution >= 4 is 38.6 Å². The second-order valence-electron chi connectivity index (χ2n) is 7.14. The first kappa shape index (κ1) is 18.6. The Balaban J connectivity index is 1.42. The van der Waals surface area contributed by atoms with E-state index in [1.165, 1.54) is 11.3 Å². The van der Waals surface area contributed by atoms with Crippen LogP contribution in [0.5, 0.6) is 0 Å². The number of pyridine rings is 1. The zero-order valence-corrected chi connectivity index (χ0v) is 17.0. The van der Waals surface area contributed by atoms with Crippen LogP contribution in [0.2, 0.25) is 0 Å². The van der Waals surface area contributed by atoms with Crippen LogP contribution in [0.1, 0.15) is 5.69 Å². The lowest BCUT2D eigenvalue weighted by Gasteiger charge is -2.29. The minimum Gasteiger partial charge on any atom is -0.379 e. The largest absolute Gasteiger partial charge is 0.379 e. The molecule has 0 spiro atoms. The van der Waals surface area contributed by atoms with Crippen LogP contribution in [0.25, 0.3) is 10.3 Å². The Morgan fingerprint density at radius 2 is 1.97 bits per heavy atom. The van der Waals surface area contributed by atoms with Crippen molar-refractivity contribution in [1.82, 2.24) is 30.2 Å². The maximum atomic E-state index is 5.47. The second-order valence-corrected chi connectivity index (χ2v) is 8.12. The molecule has 2 aliphatic heterocycles. The molecule has 0 bridgehead atoms. The topological polar surface area (TPSA) is 91.3 Å². The van der Waals surface area contributed by atoms with Gasteiger partial charge < -0.3 is 20.3 Å². The van der Waals surface area contributed by atoms with Crippen molar-refractivity contribution in [3.63, 3.8) is 0 Å². The molecule has 5 heterocycles. The fourth-order valence-electron chi connectivity index (χ4n) is 3.56. The summed E-state index contributed by atoms with van der Waals surface area (Å²) < 4.78 is 5.47. The molecule has 0 unspecified atom stereocenters. The molecule has 152 valence electrons. The van der Waals surface area contributed by atoms with Gasteiger partial charge in [-0.3, -0.25) is 4.90 Å². The third-order valence-corrected chi connectivity index (χ3v) is 5.95. The highest BCUT2D eigenvalue weighted by Gasteiger charge is 2.18. The molecule has 0 radical (unpaired) electrons. The quantitative estimate of drug-likeness (QED) is 0.646. The Kier molecular flexibility index (Phi) is 5.48. The number of fused-ring (bicyclic) bond motifs is 1. The highest BCUT2D eigenvalue weighted by atomic mass is 32.1. The monoisotopic (exact) mass is 412 g/mol. The number of ether oxygens (including phenoxy) is 1. The van der Waals surface area contributed by atoms with Crippen molar-refractivity contribution in [2.24, 2.45) is 0 Å². The Morgan fingerprint density at radius 1 is 1.10 bits per heavy atom. The van der Waals surface area contributed by atoms with Crippen LogP contribution in [-0.2, 0) is 11.3 Å². The van der Waals surface area contributed by atoms with E-state index in [1.807, 2.05) is 18.2 Å². The van der Waals surface area contributed by atoms with Gasteiger partial charge in [-0.25, -0.2) is 15.0 Å². The molecule has 2 fully saturated rings. The van der Waals surface area contributed by atoms with Crippen LogP contribution in [-0.4, -0.2) is 77.3 Å². The summed E-state index contributed by atoms with van der Waals surface area (Å²) in [6.45, 7) is 7.92. The number of rotatable bonds is 5. The maximum Gasteiger partial charge on any atom is 0.227 e. The van der Waals surface area contributed by atoms with Gasteiger partial charge in [-0.1, -0.05) is 11.3 Å². The smallest absolute Gasteiger partial charge is 0.227 e. The predicted molar refractivity (Wildman–Crippen MR) is 114 cm³/mol. The van der Waals surface area contributed by atoms with E-state index in [4.69, 9.17) is 14.7 Å². The van der Waals surface area contributed by atoms with Gasteiger partial charge in [-0.2, -0.15) is 4.98 Å². The summed E-state index contributed by atoms with van der Waals surface area (Å²) in [5.74, 6) is 1.55. The van der Waals surface area contributed by atoms with E-state index < -0.39 is 0 Å². The van der Waals surface area contributed by atoms with Gasteiger partial charge in [0.1, 0.15) is 16.2 Å². The van der Waals surface area contributed by atoms with Crippen molar-refractivity contribution in [2.45, 2.75) is 6.54 Å². The number of hydrogen-bond acceptors (Lipinski definition) is 10. The van der Waals surface area contributed by atoms with Crippen molar-refractivity contribution < 1.29 is 4.74 Å².